The molecule has 0 aromatic carbocycles. The van der Waals surface area contributed by atoms with E-state index < -0.39 is 5.95 Å². The van der Waals surface area contributed by atoms with Crippen LogP contribution in [-0.2, 0) is 5.41 Å². The molecule has 1 aromatic rings. The Morgan fingerprint density at radius 2 is 2.08 bits per heavy atom. The quantitative estimate of drug-likeness (QED) is 0.572. The van der Waals surface area contributed by atoms with Gasteiger partial charge in [0.2, 0.25) is 5.95 Å². The molecule has 13 heavy (non-hydrogen) atoms. The molecule has 0 saturated carbocycles. The zero-order chi connectivity index (χ0) is 10.1. The monoisotopic (exact) mass is 178 g/mol. The number of aromatic nitrogens is 1. The number of hydrogen-bond donors (Lipinski definition) is 0. The van der Waals surface area contributed by atoms with Gasteiger partial charge in [-0.2, -0.15) is 9.65 Å². The van der Waals surface area contributed by atoms with Gasteiger partial charge in [-0.05, 0) is 17.0 Å². The second kappa shape index (κ2) is 3.14. The van der Waals surface area contributed by atoms with Gasteiger partial charge in [-0.15, -0.1) is 0 Å². The van der Waals surface area contributed by atoms with Gasteiger partial charge in [0.25, 0.3) is 0 Å². The average molecular weight is 178 g/mol. The van der Waals surface area contributed by atoms with E-state index in [-0.39, 0.29) is 11.0 Å². The van der Waals surface area contributed by atoms with Crippen molar-refractivity contribution in [3.63, 3.8) is 0 Å². The lowest BCUT2D eigenvalue weighted by molar-refractivity contribution is 0.556. The van der Waals surface area contributed by atoms with E-state index in [4.69, 9.17) is 5.26 Å². The first kappa shape index (κ1) is 9.66. The first-order valence-electron chi connectivity index (χ1n) is 4.01. The second-order valence-corrected chi connectivity index (χ2v) is 3.92. The standard InChI is InChI=1S/C10H11FN2/c1-10(2,3)8-4-7(5-12)9(11)13-6-8/h4,6H,1-3H3. The average Bonchev–Trinajstić information content (AvgIpc) is 2.03. The molecule has 2 nitrogen and oxygen atoms in total. The van der Waals surface area contributed by atoms with Crippen LogP contribution in [0.5, 0.6) is 0 Å². The molecule has 0 spiro atoms. The van der Waals surface area contributed by atoms with E-state index in [2.05, 4.69) is 4.98 Å². The topological polar surface area (TPSA) is 36.7 Å². The molecule has 0 N–H and O–H groups in total. The maximum Gasteiger partial charge on any atom is 0.230 e. The summed E-state index contributed by atoms with van der Waals surface area (Å²) in [4.78, 5) is 3.53. The number of halogens is 1. The van der Waals surface area contributed by atoms with Crippen LogP contribution in [0.4, 0.5) is 4.39 Å². The van der Waals surface area contributed by atoms with Crippen LogP contribution in [-0.4, -0.2) is 4.98 Å². The van der Waals surface area contributed by atoms with Gasteiger partial charge >= 0.3 is 0 Å². The van der Waals surface area contributed by atoms with Crippen LogP contribution < -0.4 is 0 Å². The highest BCUT2D eigenvalue weighted by Crippen LogP contribution is 2.22. The summed E-state index contributed by atoms with van der Waals surface area (Å²) in [5.74, 6) is -0.699. The Morgan fingerprint density at radius 3 is 2.54 bits per heavy atom. The molecule has 0 radical (unpaired) electrons. The Kier molecular flexibility index (Phi) is 2.33. The van der Waals surface area contributed by atoms with Crippen molar-refractivity contribution in [1.82, 2.24) is 4.98 Å². The number of nitrogens with zero attached hydrogens (tertiary/aromatic N) is 2. The van der Waals surface area contributed by atoms with Gasteiger partial charge in [-0.3, -0.25) is 0 Å². The summed E-state index contributed by atoms with van der Waals surface area (Å²) in [6.07, 6.45) is 1.47. The molecule has 3 heteroatoms. The predicted octanol–water partition coefficient (Wildman–Crippen LogP) is 2.39. The van der Waals surface area contributed by atoms with Gasteiger partial charge in [-0.25, -0.2) is 4.98 Å². The zero-order valence-electron chi connectivity index (χ0n) is 7.93. The van der Waals surface area contributed by atoms with E-state index in [0.29, 0.717) is 0 Å². The number of hydrogen-bond acceptors (Lipinski definition) is 2. The molecule has 0 unspecified atom stereocenters. The van der Waals surface area contributed by atoms with Crippen LogP contribution in [0.1, 0.15) is 31.9 Å². The van der Waals surface area contributed by atoms with Crippen LogP contribution in [0.2, 0.25) is 0 Å². The minimum absolute atomic E-state index is 0.00688. The largest absolute Gasteiger partial charge is 0.230 e. The molecule has 68 valence electrons. The maximum atomic E-state index is 12.8. The summed E-state index contributed by atoms with van der Waals surface area (Å²) in [5, 5.41) is 8.58. The van der Waals surface area contributed by atoms with Crippen molar-refractivity contribution in [3.8, 4) is 6.07 Å². The molecule has 0 saturated heterocycles. The van der Waals surface area contributed by atoms with E-state index in [0.717, 1.165) is 5.56 Å². The summed E-state index contributed by atoms with van der Waals surface area (Å²) in [6.45, 7) is 5.97. The van der Waals surface area contributed by atoms with Crippen LogP contribution in [0.3, 0.4) is 0 Å². The zero-order valence-corrected chi connectivity index (χ0v) is 7.93. The van der Waals surface area contributed by atoms with Crippen molar-refractivity contribution >= 4 is 0 Å². The highest BCUT2D eigenvalue weighted by atomic mass is 19.1. The van der Waals surface area contributed by atoms with Crippen LogP contribution in [0.15, 0.2) is 12.3 Å². The number of rotatable bonds is 0. The van der Waals surface area contributed by atoms with Crippen molar-refractivity contribution in [2.24, 2.45) is 0 Å². The smallest absolute Gasteiger partial charge is 0.227 e. The molecular formula is C10H11FN2. The number of pyridine rings is 1. The van der Waals surface area contributed by atoms with Crippen molar-refractivity contribution in [3.05, 3.63) is 29.3 Å². The molecule has 1 heterocycles. The lowest BCUT2D eigenvalue weighted by atomic mass is 9.88. The molecule has 0 amide bonds. The van der Waals surface area contributed by atoms with E-state index in [1.807, 2.05) is 20.8 Å². The fourth-order valence-electron chi connectivity index (χ4n) is 0.937. The van der Waals surface area contributed by atoms with Gasteiger partial charge in [0.15, 0.2) is 0 Å². The fourth-order valence-corrected chi connectivity index (χ4v) is 0.937. The Labute approximate surface area is 77.0 Å². The SMILES string of the molecule is CC(C)(C)c1cnc(F)c(C#N)c1. The lowest BCUT2D eigenvalue weighted by Gasteiger charge is -2.18. The van der Waals surface area contributed by atoms with E-state index in [9.17, 15) is 4.39 Å². The highest BCUT2D eigenvalue weighted by molar-refractivity contribution is 5.33. The van der Waals surface area contributed by atoms with E-state index in [1.54, 1.807) is 12.1 Å². The summed E-state index contributed by atoms with van der Waals surface area (Å²) in [5.41, 5.74) is 0.768. The van der Waals surface area contributed by atoms with Crippen molar-refractivity contribution < 1.29 is 4.39 Å². The highest BCUT2D eigenvalue weighted by Gasteiger charge is 2.16. The molecule has 0 aliphatic rings. The Bertz CT molecular complexity index is 358. The van der Waals surface area contributed by atoms with Gasteiger partial charge in [0, 0.05) is 6.20 Å². The van der Waals surface area contributed by atoms with Crippen molar-refractivity contribution in [1.29, 1.82) is 5.26 Å². The minimum atomic E-state index is -0.699. The fraction of sp³-hybridized carbons (Fsp3) is 0.400. The first-order valence-corrected chi connectivity index (χ1v) is 4.01. The molecule has 0 aliphatic carbocycles. The van der Waals surface area contributed by atoms with E-state index in [1.165, 1.54) is 6.20 Å². The molecule has 1 rings (SSSR count). The van der Waals surface area contributed by atoms with Gasteiger partial charge in [0.05, 0.1) is 0 Å². The Hall–Kier alpha value is -1.43. The molecular weight excluding hydrogens is 167 g/mol. The van der Waals surface area contributed by atoms with E-state index >= 15 is 0 Å². The summed E-state index contributed by atoms with van der Waals surface area (Å²) in [7, 11) is 0. The summed E-state index contributed by atoms with van der Waals surface area (Å²) >= 11 is 0. The Balaban J connectivity index is 3.24. The molecule has 0 aliphatic heterocycles. The molecule has 0 fully saturated rings. The lowest BCUT2D eigenvalue weighted by Crippen LogP contribution is -2.12. The van der Waals surface area contributed by atoms with Gasteiger partial charge < -0.3 is 0 Å². The molecule has 1 aromatic heterocycles. The summed E-state index contributed by atoms with van der Waals surface area (Å²) in [6, 6.07) is 3.31. The van der Waals surface area contributed by atoms with Gasteiger partial charge in [0.1, 0.15) is 11.6 Å². The van der Waals surface area contributed by atoms with Crippen molar-refractivity contribution in [2.45, 2.75) is 26.2 Å². The third-order valence-corrected chi connectivity index (χ3v) is 1.83. The third-order valence-electron chi connectivity index (χ3n) is 1.83. The predicted molar refractivity (Wildman–Crippen MR) is 47.6 cm³/mol. The Morgan fingerprint density at radius 1 is 1.46 bits per heavy atom. The minimum Gasteiger partial charge on any atom is -0.227 e. The normalized spacial score (nSPS) is 11.0. The number of nitriles is 1. The molecule has 0 bridgehead atoms. The summed E-state index contributed by atoms with van der Waals surface area (Å²) < 4.78 is 12.8. The van der Waals surface area contributed by atoms with Crippen molar-refractivity contribution in [2.75, 3.05) is 0 Å². The third kappa shape index (κ3) is 2.03. The van der Waals surface area contributed by atoms with Crippen LogP contribution >= 0.6 is 0 Å². The van der Waals surface area contributed by atoms with Crippen LogP contribution in [0.25, 0.3) is 0 Å². The second-order valence-electron chi connectivity index (χ2n) is 3.92. The van der Waals surface area contributed by atoms with Gasteiger partial charge in [-0.1, -0.05) is 20.8 Å². The first-order chi connectivity index (χ1) is 5.95. The molecule has 0 atom stereocenters. The van der Waals surface area contributed by atoms with Crippen LogP contribution in [0, 0.1) is 17.3 Å². The maximum absolute atomic E-state index is 12.8.